The minimum atomic E-state index is 0.376. The lowest BCUT2D eigenvalue weighted by Gasteiger charge is -2.37. The Morgan fingerprint density at radius 3 is 2.89 bits per heavy atom. The van der Waals surface area contributed by atoms with E-state index in [1.807, 2.05) is 12.1 Å². The third kappa shape index (κ3) is 2.19. The topological polar surface area (TPSA) is 53.1 Å². The van der Waals surface area contributed by atoms with E-state index in [9.17, 15) is 0 Å². The molecule has 0 amide bonds. The van der Waals surface area contributed by atoms with Crippen LogP contribution >= 0.6 is 0 Å². The molecule has 2 N–H and O–H groups in total. The zero-order valence-electron chi connectivity index (χ0n) is 11.0. The van der Waals surface area contributed by atoms with Crippen molar-refractivity contribution >= 4 is 0 Å². The fraction of sp³-hybridized carbons (Fsp3) is 0.400. The van der Waals surface area contributed by atoms with Gasteiger partial charge in [-0.15, -0.1) is 0 Å². The van der Waals surface area contributed by atoms with Crippen LogP contribution in [-0.2, 0) is 0 Å². The van der Waals surface area contributed by atoms with Crippen LogP contribution in [0.1, 0.15) is 42.0 Å². The molecule has 0 radical (unpaired) electrons. The third-order valence-electron chi connectivity index (χ3n) is 3.78. The molecule has 1 fully saturated rings. The van der Waals surface area contributed by atoms with Gasteiger partial charge < -0.3 is 10.6 Å². The second kappa shape index (κ2) is 5.14. The van der Waals surface area contributed by atoms with E-state index >= 15 is 0 Å². The second-order valence-corrected chi connectivity index (χ2v) is 4.86. The Morgan fingerprint density at radius 1 is 1.50 bits per heavy atom. The highest BCUT2D eigenvalue weighted by Crippen LogP contribution is 2.36. The van der Waals surface area contributed by atoms with Gasteiger partial charge in [0.05, 0.1) is 17.7 Å². The minimum Gasteiger partial charge on any atom is -0.403 e. The molecule has 1 aromatic rings. The molecular formula is C15H19N3. The van der Waals surface area contributed by atoms with Crippen molar-refractivity contribution in [1.82, 2.24) is 4.90 Å². The first-order chi connectivity index (χ1) is 8.67. The summed E-state index contributed by atoms with van der Waals surface area (Å²) >= 11 is 0. The normalized spacial score (nSPS) is 21.9. The number of nitrogens with two attached hydrogens (primary N) is 1. The third-order valence-corrected chi connectivity index (χ3v) is 3.78. The Hall–Kier alpha value is -1.95. The van der Waals surface area contributed by atoms with Crippen LogP contribution in [-0.4, -0.2) is 11.9 Å². The number of nitrogens with zero attached hydrogens (tertiary/aromatic N) is 2. The van der Waals surface area contributed by atoms with Gasteiger partial charge in [-0.25, -0.2) is 0 Å². The summed E-state index contributed by atoms with van der Waals surface area (Å²) in [5, 5.41) is 8.91. The molecule has 0 aromatic heterocycles. The van der Waals surface area contributed by atoms with E-state index in [4.69, 9.17) is 11.0 Å². The van der Waals surface area contributed by atoms with Crippen molar-refractivity contribution in [2.24, 2.45) is 5.73 Å². The molecule has 0 bridgehead atoms. The van der Waals surface area contributed by atoms with Crippen LogP contribution in [0.25, 0.3) is 0 Å². The molecule has 18 heavy (non-hydrogen) atoms. The van der Waals surface area contributed by atoms with Crippen LogP contribution in [0.3, 0.4) is 0 Å². The molecule has 1 heterocycles. The predicted octanol–water partition coefficient (Wildman–Crippen LogP) is 2.82. The number of piperidine rings is 1. The summed E-state index contributed by atoms with van der Waals surface area (Å²) in [6.07, 6.45) is 5.07. The molecule has 3 heteroatoms. The monoisotopic (exact) mass is 241 g/mol. The van der Waals surface area contributed by atoms with Gasteiger partial charge in [-0.3, -0.25) is 0 Å². The van der Waals surface area contributed by atoms with E-state index in [-0.39, 0.29) is 0 Å². The molecule has 1 aromatic carbocycles. The van der Waals surface area contributed by atoms with Crippen LogP contribution in [0.15, 0.2) is 30.1 Å². The Morgan fingerprint density at radius 2 is 2.28 bits per heavy atom. The lowest BCUT2D eigenvalue weighted by atomic mass is 9.91. The first-order valence-corrected chi connectivity index (χ1v) is 6.31. The lowest BCUT2D eigenvalue weighted by Crippen LogP contribution is -2.29. The maximum atomic E-state index is 8.91. The number of nitriles is 1. The molecular weight excluding hydrogens is 222 g/mol. The Labute approximate surface area is 109 Å². The van der Waals surface area contributed by atoms with Crippen LogP contribution in [0.2, 0.25) is 0 Å². The molecule has 0 spiro atoms. The second-order valence-electron chi connectivity index (χ2n) is 4.86. The highest BCUT2D eigenvalue weighted by Gasteiger charge is 2.24. The molecule has 1 aliphatic rings. The molecule has 1 atom stereocenters. The van der Waals surface area contributed by atoms with Gasteiger partial charge in [-0.1, -0.05) is 6.07 Å². The highest BCUT2D eigenvalue weighted by molar-refractivity contribution is 5.39. The standard InChI is InChI=1S/C15H19N3/c1-11-8-12(9-16)6-7-14(11)15-5-3-4-13(10-17)18(15)2/h6-8,10,15H,3-5,17H2,1-2H3/b13-10-. The Balaban J connectivity index is 2.34. The molecule has 0 saturated carbocycles. The minimum absolute atomic E-state index is 0.376. The zero-order chi connectivity index (χ0) is 13.1. The van der Waals surface area contributed by atoms with E-state index in [2.05, 4.69) is 31.0 Å². The van der Waals surface area contributed by atoms with Crippen molar-refractivity contribution in [3.8, 4) is 6.07 Å². The number of hydrogen-bond acceptors (Lipinski definition) is 3. The van der Waals surface area contributed by atoms with Gasteiger partial charge in [0.25, 0.3) is 0 Å². The summed E-state index contributed by atoms with van der Waals surface area (Å²) in [4.78, 5) is 2.26. The number of likely N-dealkylation sites (tertiary alicyclic amines) is 1. The Bertz CT molecular complexity index is 511. The lowest BCUT2D eigenvalue weighted by molar-refractivity contribution is 0.241. The molecule has 0 aliphatic carbocycles. The number of hydrogen-bond donors (Lipinski definition) is 1. The van der Waals surface area contributed by atoms with Crippen LogP contribution in [0.5, 0.6) is 0 Å². The summed E-state index contributed by atoms with van der Waals surface area (Å²) in [7, 11) is 2.10. The summed E-state index contributed by atoms with van der Waals surface area (Å²) < 4.78 is 0. The fourth-order valence-electron chi connectivity index (χ4n) is 2.73. The number of benzene rings is 1. The molecule has 94 valence electrons. The molecule has 1 aliphatic heterocycles. The van der Waals surface area contributed by atoms with Crippen LogP contribution < -0.4 is 5.73 Å². The quantitative estimate of drug-likeness (QED) is 0.822. The molecule has 3 nitrogen and oxygen atoms in total. The van der Waals surface area contributed by atoms with E-state index in [0.717, 1.165) is 24.8 Å². The van der Waals surface area contributed by atoms with E-state index in [1.165, 1.54) is 16.8 Å². The van der Waals surface area contributed by atoms with Gasteiger partial charge in [-0.05, 0) is 49.4 Å². The largest absolute Gasteiger partial charge is 0.403 e. The summed E-state index contributed by atoms with van der Waals surface area (Å²) in [5.74, 6) is 0. The van der Waals surface area contributed by atoms with Gasteiger partial charge in [0.15, 0.2) is 0 Å². The smallest absolute Gasteiger partial charge is 0.0991 e. The van der Waals surface area contributed by atoms with Gasteiger partial charge >= 0.3 is 0 Å². The highest BCUT2D eigenvalue weighted by atomic mass is 15.2. The SMILES string of the molecule is Cc1cc(C#N)ccc1C1CCC/C(=C/N)N1C. The van der Waals surface area contributed by atoms with Crippen LogP contribution in [0, 0.1) is 18.3 Å². The fourth-order valence-corrected chi connectivity index (χ4v) is 2.73. The zero-order valence-corrected chi connectivity index (χ0v) is 11.0. The summed E-state index contributed by atoms with van der Waals surface area (Å²) in [5.41, 5.74) is 10.1. The van der Waals surface area contributed by atoms with Crippen molar-refractivity contribution in [3.05, 3.63) is 46.8 Å². The van der Waals surface area contributed by atoms with Crippen LogP contribution in [0.4, 0.5) is 0 Å². The average Bonchev–Trinajstić information content (AvgIpc) is 2.39. The van der Waals surface area contributed by atoms with Crippen molar-refractivity contribution in [3.63, 3.8) is 0 Å². The van der Waals surface area contributed by atoms with Crippen molar-refractivity contribution < 1.29 is 0 Å². The summed E-state index contributed by atoms with van der Waals surface area (Å²) in [6.45, 7) is 2.07. The first kappa shape index (κ1) is 12.5. The Kier molecular flexibility index (Phi) is 3.57. The van der Waals surface area contributed by atoms with E-state index < -0.39 is 0 Å². The molecule has 1 unspecified atom stereocenters. The van der Waals surface area contributed by atoms with Gasteiger partial charge in [0, 0.05) is 18.9 Å². The van der Waals surface area contributed by atoms with Gasteiger partial charge in [-0.2, -0.15) is 5.26 Å². The van der Waals surface area contributed by atoms with Crippen molar-refractivity contribution in [1.29, 1.82) is 5.26 Å². The van der Waals surface area contributed by atoms with Gasteiger partial charge in [0.1, 0.15) is 0 Å². The number of aryl methyl sites for hydroxylation is 1. The molecule has 1 saturated heterocycles. The average molecular weight is 241 g/mol. The van der Waals surface area contributed by atoms with Gasteiger partial charge in [0.2, 0.25) is 0 Å². The first-order valence-electron chi connectivity index (χ1n) is 6.31. The molecule has 2 rings (SSSR count). The maximum Gasteiger partial charge on any atom is 0.0991 e. The number of rotatable bonds is 1. The number of allylic oxidation sites excluding steroid dienone is 1. The van der Waals surface area contributed by atoms with Crippen molar-refractivity contribution in [2.75, 3.05) is 7.05 Å². The summed E-state index contributed by atoms with van der Waals surface area (Å²) in [6, 6.07) is 8.50. The maximum absolute atomic E-state index is 8.91. The van der Waals surface area contributed by atoms with E-state index in [1.54, 1.807) is 6.20 Å². The van der Waals surface area contributed by atoms with Crippen molar-refractivity contribution in [2.45, 2.75) is 32.2 Å². The van der Waals surface area contributed by atoms with E-state index in [0.29, 0.717) is 6.04 Å². The predicted molar refractivity (Wildman–Crippen MR) is 72.5 cm³/mol.